The molecule has 11 heteroatoms. The maximum Gasteiger partial charge on any atom is 0.272 e. The van der Waals surface area contributed by atoms with E-state index in [0.717, 1.165) is 0 Å². The summed E-state index contributed by atoms with van der Waals surface area (Å²) in [6, 6.07) is 14.8. The Morgan fingerprint density at radius 2 is 1.69 bits per heavy atom. The molecule has 0 saturated carbocycles. The number of non-ortho nitro benzene ring substituents is 1. The van der Waals surface area contributed by atoms with E-state index in [2.05, 4.69) is 10.6 Å². The number of halogens is 1. The lowest BCUT2D eigenvalue weighted by Gasteiger charge is -2.14. The fraction of sp³-hybridized carbons (Fsp3) is 0.120. The summed E-state index contributed by atoms with van der Waals surface area (Å²) in [5.74, 6) is -0.0533. The molecule has 2 N–H and O–H groups in total. The first-order valence-electron chi connectivity index (χ1n) is 10.4. The molecule has 2 amide bonds. The second-order valence-electron chi connectivity index (χ2n) is 7.23. The zero-order valence-corrected chi connectivity index (χ0v) is 20.3. The van der Waals surface area contributed by atoms with E-state index in [1.807, 2.05) is 0 Å². The second-order valence-corrected chi connectivity index (χ2v) is 7.64. The number of rotatable bonds is 9. The van der Waals surface area contributed by atoms with Crippen LogP contribution in [0.1, 0.15) is 15.9 Å². The first kappa shape index (κ1) is 26.0. The van der Waals surface area contributed by atoms with Crippen LogP contribution in [0, 0.1) is 10.1 Å². The van der Waals surface area contributed by atoms with Gasteiger partial charge in [-0.3, -0.25) is 19.7 Å². The molecule has 0 aliphatic rings. The molecule has 186 valence electrons. The van der Waals surface area contributed by atoms with Crippen LogP contribution in [0.15, 0.2) is 66.4 Å². The number of carbonyl (C=O) groups excluding carboxylic acids is 2. The standard InChI is InChI=1S/C25H22ClN3O7/c1-34-18-8-9-19(20(26)14-18)24(30)28-21(12-15-5-4-6-17(11-15)29(32)33)25(31)27-16-7-10-22(35-2)23(13-16)36-3/h4-14H,1-3H3,(H,27,31)(H,28,30)/b21-12+. The highest BCUT2D eigenvalue weighted by atomic mass is 35.5. The average Bonchev–Trinajstić information content (AvgIpc) is 2.88. The van der Waals surface area contributed by atoms with Crippen molar-refractivity contribution in [3.8, 4) is 17.2 Å². The zero-order valence-electron chi connectivity index (χ0n) is 19.5. The molecule has 0 heterocycles. The number of methoxy groups -OCH3 is 3. The van der Waals surface area contributed by atoms with Crippen molar-refractivity contribution in [1.82, 2.24) is 5.32 Å². The van der Waals surface area contributed by atoms with Gasteiger partial charge in [-0.15, -0.1) is 0 Å². The molecule has 0 spiro atoms. The topological polar surface area (TPSA) is 129 Å². The normalized spacial score (nSPS) is 10.8. The van der Waals surface area contributed by atoms with Gasteiger partial charge in [0.1, 0.15) is 11.4 Å². The van der Waals surface area contributed by atoms with Crippen LogP contribution in [0.3, 0.4) is 0 Å². The fourth-order valence-electron chi connectivity index (χ4n) is 3.16. The number of nitrogens with zero attached hydrogens (tertiary/aromatic N) is 1. The summed E-state index contributed by atoms with van der Waals surface area (Å²) in [7, 11) is 4.40. The Kier molecular flexibility index (Phi) is 8.48. The van der Waals surface area contributed by atoms with Crippen molar-refractivity contribution in [3.63, 3.8) is 0 Å². The molecule has 10 nitrogen and oxygen atoms in total. The number of nitro benzene ring substituents is 1. The van der Waals surface area contributed by atoms with Crippen LogP contribution in [-0.2, 0) is 4.79 Å². The Hall–Kier alpha value is -4.57. The van der Waals surface area contributed by atoms with Gasteiger partial charge in [0.25, 0.3) is 17.5 Å². The van der Waals surface area contributed by atoms with Crippen LogP contribution in [0.2, 0.25) is 5.02 Å². The van der Waals surface area contributed by atoms with E-state index in [1.54, 1.807) is 30.3 Å². The van der Waals surface area contributed by atoms with E-state index in [0.29, 0.717) is 28.5 Å². The molecule has 0 fully saturated rings. The Balaban J connectivity index is 1.96. The van der Waals surface area contributed by atoms with Gasteiger partial charge in [-0.05, 0) is 42.0 Å². The molecule has 0 aliphatic carbocycles. The van der Waals surface area contributed by atoms with Gasteiger partial charge < -0.3 is 24.8 Å². The van der Waals surface area contributed by atoms with Gasteiger partial charge in [-0.25, -0.2) is 0 Å². The molecule has 0 bridgehead atoms. The van der Waals surface area contributed by atoms with Crippen LogP contribution in [-0.4, -0.2) is 38.1 Å². The van der Waals surface area contributed by atoms with Crippen LogP contribution in [0.5, 0.6) is 17.2 Å². The largest absolute Gasteiger partial charge is 0.497 e. The fourth-order valence-corrected chi connectivity index (χ4v) is 3.42. The van der Waals surface area contributed by atoms with Gasteiger partial charge in [0.05, 0.1) is 36.8 Å². The molecule has 3 rings (SSSR count). The molecule has 0 aromatic heterocycles. The van der Waals surface area contributed by atoms with Gasteiger partial charge in [0.15, 0.2) is 11.5 Å². The molecular weight excluding hydrogens is 490 g/mol. The first-order chi connectivity index (χ1) is 17.2. The summed E-state index contributed by atoms with van der Waals surface area (Å²) in [5, 5.41) is 16.5. The summed E-state index contributed by atoms with van der Waals surface area (Å²) >= 11 is 6.21. The Labute approximate surface area is 211 Å². The lowest BCUT2D eigenvalue weighted by atomic mass is 10.1. The van der Waals surface area contributed by atoms with E-state index < -0.39 is 16.7 Å². The van der Waals surface area contributed by atoms with Gasteiger partial charge in [0.2, 0.25) is 0 Å². The SMILES string of the molecule is COc1ccc(C(=O)N/C(=C/c2cccc([N+](=O)[O-])c2)C(=O)Nc2ccc(OC)c(OC)c2)c(Cl)c1. The average molecular weight is 512 g/mol. The van der Waals surface area contributed by atoms with Crippen molar-refractivity contribution in [1.29, 1.82) is 0 Å². The van der Waals surface area contributed by atoms with Crippen molar-refractivity contribution in [2.45, 2.75) is 0 Å². The predicted octanol–water partition coefficient (Wildman–Crippen LogP) is 4.68. The van der Waals surface area contributed by atoms with Crippen LogP contribution in [0.25, 0.3) is 6.08 Å². The predicted molar refractivity (Wildman–Crippen MR) is 135 cm³/mol. The summed E-state index contributed by atoms with van der Waals surface area (Å²) in [5.41, 5.74) is 0.429. The second kappa shape index (κ2) is 11.7. The van der Waals surface area contributed by atoms with Crippen LogP contribution >= 0.6 is 11.6 Å². The molecule has 3 aromatic rings. The molecule has 0 radical (unpaired) electrons. The first-order valence-corrected chi connectivity index (χ1v) is 10.8. The van der Waals surface area contributed by atoms with E-state index >= 15 is 0 Å². The lowest BCUT2D eigenvalue weighted by molar-refractivity contribution is -0.384. The third-order valence-corrected chi connectivity index (χ3v) is 5.26. The number of nitrogens with one attached hydrogen (secondary N) is 2. The summed E-state index contributed by atoms with van der Waals surface area (Å²) in [6.45, 7) is 0. The molecular formula is C25H22ClN3O7. The maximum atomic E-state index is 13.2. The van der Waals surface area contributed by atoms with Gasteiger partial charge in [-0.2, -0.15) is 0 Å². The highest BCUT2D eigenvalue weighted by Crippen LogP contribution is 2.30. The van der Waals surface area contributed by atoms with E-state index in [1.165, 1.54) is 57.7 Å². The Bertz CT molecular complexity index is 1340. The number of ether oxygens (including phenoxy) is 3. The van der Waals surface area contributed by atoms with Crippen molar-refractivity contribution in [2.75, 3.05) is 26.6 Å². The molecule has 36 heavy (non-hydrogen) atoms. The van der Waals surface area contributed by atoms with E-state index in [9.17, 15) is 19.7 Å². The minimum absolute atomic E-state index is 0.0984. The lowest BCUT2D eigenvalue weighted by Crippen LogP contribution is -2.31. The smallest absolute Gasteiger partial charge is 0.272 e. The number of nitro groups is 1. The maximum absolute atomic E-state index is 13.2. The summed E-state index contributed by atoms with van der Waals surface area (Å²) in [4.78, 5) is 36.8. The van der Waals surface area contributed by atoms with Crippen LogP contribution < -0.4 is 24.8 Å². The quantitative estimate of drug-likeness (QED) is 0.242. The van der Waals surface area contributed by atoms with Crippen LogP contribution in [0.4, 0.5) is 11.4 Å². The highest BCUT2D eigenvalue weighted by molar-refractivity contribution is 6.34. The number of benzene rings is 3. The molecule has 0 unspecified atom stereocenters. The van der Waals surface area contributed by atoms with Crippen molar-refractivity contribution in [2.24, 2.45) is 0 Å². The molecule has 0 atom stereocenters. The van der Waals surface area contributed by atoms with Gasteiger partial charge in [-0.1, -0.05) is 23.7 Å². The van der Waals surface area contributed by atoms with Crippen molar-refractivity contribution >= 4 is 40.9 Å². The van der Waals surface area contributed by atoms with Crippen molar-refractivity contribution < 1.29 is 28.7 Å². The molecule has 3 aromatic carbocycles. The minimum atomic E-state index is -0.688. The van der Waals surface area contributed by atoms with Gasteiger partial charge in [0, 0.05) is 23.9 Å². The zero-order chi connectivity index (χ0) is 26.2. The van der Waals surface area contributed by atoms with Crippen molar-refractivity contribution in [3.05, 3.63) is 92.6 Å². The Morgan fingerprint density at radius 1 is 0.944 bits per heavy atom. The molecule has 0 aliphatic heterocycles. The Morgan fingerprint density at radius 3 is 2.33 bits per heavy atom. The van der Waals surface area contributed by atoms with E-state index in [4.69, 9.17) is 25.8 Å². The summed E-state index contributed by atoms with van der Waals surface area (Å²) < 4.78 is 15.5. The van der Waals surface area contributed by atoms with Gasteiger partial charge >= 0.3 is 0 Å². The number of carbonyl (C=O) groups is 2. The number of anilines is 1. The highest BCUT2D eigenvalue weighted by Gasteiger charge is 2.19. The number of hydrogen-bond donors (Lipinski definition) is 2. The summed E-state index contributed by atoms with van der Waals surface area (Å²) in [6.07, 6.45) is 1.32. The number of hydrogen-bond acceptors (Lipinski definition) is 7. The third-order valence-electron chi connectivity index (χ3n) is 4.95. The minimum Gasteiger partial charge on any atom is -0.497 e. The third kappa shape index (κ3) is 6.30. The van der Waals surface area contributed by atoms with E-state index in [-0.39, 0.29) is 22.0 Å². The number of amides is 2. The monoisotopic (exact) mass is 511 g/mol. The molecule has 0 saturated heterocycles.